The van der Waals surface area contributed by atoms with Crippen LogP contribution in [-0.2, 0) is 19.6 Å². The van der Waals surface area contributed by atoms with E-state index in [2.05, 4.69) is 15.4 Å². The topological polar surface area (TPSA) is 114 Å². The highest BCUT2D eigenvalue weighted by atomic mass is 32.2. The summed E-state index contributed by atoms with van der Waals surface area (Å²) in [5.41, 5.74) is 1.70. The van der Waals surface area contributed by atoms with Gasteiger partial charge in [-0.15, -0.1) is 0 Å². The van der Waals surface area contributed by atoms with Crippen molar-refractivity contribution < 1.29 is 22.7 Å². The first-order valence-electron chi connectivity index (χ1n) is 8.51. The van der Waals surface area contributed by atoms with Crippen LogP contribution in [0.15, 0.2) is 53.9 Å². The highest BCUT2D eigenvalue weighted by molar-refractivity contribution is 7.92. The molecule has 1 heterocycles. The zero-order chi connectivity index (χ0) is 20.0. The number of carbonyl (C=O) groups is 2. The van der Waals surface area contributed by atoms with Crippen molar-refractivity contribution in [1.82, 2.24) is 4.72 Å². The molecular formula is C19H19N3O5S. The van der Waals surface area contributed by atoms with E-state index in [9.17, 15) is 18.0 Å². The normalized spacial score (nSPS) is 13.5. The van der Waals surface area contributed by atoms with Crippen molar-refractivity contribution in [3.05, 3.63) is 59.5 Å². The molecule has 2 amide bonds. The Kier molecular flexibility index (Phi) is 6.07. The summed E-state index contributed by atoms with van der Waals surface area (Å²) in [5, 5.41) is 6.36. The molecule has 2 aromatic carbocycles. The minimum Gasteiger partial charge on any atom is -0.482 e. The van der Waals surface area contributed by atoms with Crippen molar-refractivity contribution >= 4 is 39.3 Å². The molecule has 2 aromatic rings. The van der Waals surface area contributed by atoms with Gasteiger partial charge >= 0.3 is 0 Å². The number of sulfonamides is 1. The third kappa shape index (κ3) is 5.66. The molecule has 0 fully saturated rings. The fourth-order valence-corrected chi connectivity index (χ4v) is 3.29. The van der Waals surface area contributed by atoms with Crippen LogP contribution in [0.25, 0.3) is 6.08 Å². The number of benzene rings is 2. The Balaban J connectivity index is 1.48. The zero-order valence-corrected chi connectivity index (χ0v) is 15.7. The fraction of sp³-hybridized carbons (Fsp3) is 0.158. The van der Waals surface area contributed by atoms with Gasteiger partial charge in [0.25, 0.3) is 5.91 Å². The fourth-order valence-electron chi connectivity index (χ4n) is 2.47. The van der Waals surface area contributed by atoms with E-state index < -0.39 is 10.0 Å². The summed E-state index contributed by atoms with van der Waals surface area (Å²) in [6.07, 6.45) is 1.43. The van der Waals surface area contributed by atoms with Crippen LogP contribution in [0.5, 0.6) is 5.75 Å². The molecule has 1 aliphatic rings. The van der Waals surface area contributed by atoms with E-state index in [4.69, 9.17) is 4.74 Å². The van der Waals surface area contributed by atoms with Crippen molar-refractivity contribution in [1.29, 1.82) is 0 Å². The van der Waals surface area contributed by atoms with Gasteiger partial charge < -0.3 is 15.4 Å². The summed E-state index contributed by atoms with van der Waals surface area (Å²) in [6, 6.07) is 13.9. The first-order valence-corrected chi connectivity index (χ1v) is 10.1. The van der Waals surface area contributed by atoms with Crippen molar-refractivity contribution in [2.45, 2.75) is 6.42 Å². The largest absolute Gasteiger partial charge is 0.482 e. The lowest BCUT2D eigenvalue weighted by atomic mass is 10.2. The van der Waals surface area contributed by atoms with E-state index in [1.165, 1.54) is 6.08 Å². The number of fused-ring (bicyclic) bond motifs is 1. The molecule has 8 nitrogen and oxygen atoms in total. The van der Waals surface area contributed by atoms with Crippen LogP contribution >= 0.6 is 0 Å². The average molecular weight is 401 g/mol. The van der Waals surface area contributed by atoms with E-state index in [1.54, 1.807) is 30.3 Å². The van der Waals surface area contributed by atoms with Crippen LogP contribution in [0.1, 0.15) is 12.0 Å². The van der Waals surface area contributed by atoms with Crippen LogP contribution in [0.2, 0.25) is 0 Å². The van der Waals surface area contributed by atoms with Gasteiger partial charge in [0.2, 0.25) is 15.9 Å². The van der Waals surface area contributed by atoms with Crippen molar-refractivity contribution in [2.24, 2.45) is 0 Å². The van der Waals surface area contributed by atoms with E-state index in [1.807, 2.05) is 18.2 Å². The minimum atomic E-state index is -3.64. The molecule has 0 saturated carbocycles. The molecule has 0 spiro atoms. The number of hydrogen-bond acceptors (Lipinski definition) is 5. The first-order chi connectivity index (χ1) is 13.4. The van der Waals surface area contributed by atoms with Gasteiger partial charge in [0, 0.05) is 24.1 Å². The average Bonchev–Trinajstić information content (AvgIpc) is 2.67. The molecule has 3 rings (SSSR count). The Bertz CT molecular complexity index is 1000. The molecule has 3 N–H and O–H groups in total. The number of amides is 2. The first kappa shape index (κ1) is 19.6. The lowest BCUT2D eigenvalue weighted by Crippen LogP contribution is -2.26. The van der Waals surface area contributed by atoms with Gasteiger partial charge in [-0.25, -0.2) is 13.1 Å². The van der Waals surface area contributed by atoms with Crippen LogP contribution in [0.4, 0.5) is 11.4 Å². The molecule has 1 aliphatic heterocycles. The molecule has 28 heavy (non-hydrogen) atoms. The van der Waals surface area contributed by atoms with Crippen molar-refractivity contribution in [3.8, 4) is 5.75 Å². The van der Waals surface area contributed by atoms with Crippen LogP contribution in [0.3, 0.4) is 0 Å². The Morgan fingerprint density at radius 3 is 2.75 bits per heavy atom. The Hall–Kier alpha value is -3.17. The third-order valence-corrected chi connectivity index (χ3v) is 4.89. The van der Waals surface area contributed by atoms with Crippen LogP contribution < -0.4 is 20.1 Å². The number of nitrogens with one attached hydrogen (secondary N) is 3. The van der Waals surface area contributed by atoms with Gasteiger partial charge in [0.05, 0.1) is 5.69 Å². The van der Waals surface area contributed by atoms with Gasteiger partial charge in [-0.05, 0) is 29.8 Å². The van der Waals surface area contributed by atoms with Crippen molar-refractivity contribution in [3.63, 3.8) is 0 Å². The number of ether oxygens (including phenoxy) is 1. The molecule has 0 unspecified atom stereocenters. The van der Waals surface area contributed by atoms with Crippen LogP contribution in [0, 0.1) is 0 Å². The van der Waals surface area contributed by atoms with Gasteiger partial charge in [0.15, 0.2) is 6.61 Å². The molecule has 0 aliphatic carbocycles. The number of rotatable bonds is 7. The molecule has 0 bridgehead atoms. The Morgan fingerprint density at radius 1 is 1.18 bits per heavy atom. The molecule has 0 aromatic heterocycles. The maximum atomic E-state index is 12.0. The molecule has 0 atom stereocenters. The van der Waals surface area contributed by atoms with E-state index in [0.29, 0.717) is 17.1 Å². The summed E-state index contributed by atoms with van der Waals surface area (Å²) >= 11 is 0. The maximum Gasteiger partial charge on any atom is 0.262 e. The van der Waals surface area contributed by atoms with Crippen LogP contribution in [-0.4, -0.2) is 33.4 Å². The van der Waals surface area contributed by atoms with Gasteiger partial charge in [-0.1, -0.05) is 30.3 Å². The summed E-state index contributed by atoms with van der Waals surface area (Å²) < 4.78 is 31.5. The smallest absolute Gasteiger partial charge is 0.262 e. The predicted molar refractivity (Wildman–Crippen MR) is 106 cm³/mol. The van der Waals surface area contributed by atoms with Gasteiger partial charge in [0.1, 0.15) is 5.75 Å². The van der Waals surface area contributed by atoms with Gasteiger partial charge in [-0.3, -0.25) is 9.59 Å². The second-order valence-electron chi connectivity index (χ2n) is 6.00. The lowest BCUT2D eigenvalue weighted by Gasteiger charge is -2.18. The van der Waals surface area contributed by atoms with E-state index in [0.717, 1.165) is 11.0 Å². The maximum absolute atomic E-state index is 12.0. The van der Waals surface area contributed by atoms with Gasteiger partial charge in [-0.2, -0.15) is 0 Å². The van der Waals surface area contributed by atoms with E-state index in [-0.39, 0.29) is 31.4 Å². The molecule has 0 saturated heterocycles. The Morgan fingerprint density at radius 2 is 1.96 bits per heavy atom. The van der Waals surface area contributed by atoms with E-state index >= 15 is 0 Å². The highest BCUT2D eigenvalue weighted by Crippen LogP contribution is 2.30. The molecule has 0 radical (unpaired) electrons. The summed E-state index contributed by atoms with van der Waals surface area (Å²) in [7, 11) is -3.64. The standard InChI is InChI=1S/C19H19N3O5S/c23-18(21-15-6-7-17-16(12-15)22-19(24)13-27-17)8-10-20-28(25,26)11-9-14-4-2-1-3-5-14/h1-7,9,11-12,20H,8,10,13H2,(H,21,23)(H,22,24)/b11-9+. The number of anilines is 2. The Labute approximate surface area is 162 Å². The second-order valence-corrected chi connectivity index (χ2v) is 7.65. The minimum absolute atomic E-state index is 0.0433. The van der Waals surface area contributed by atoms with Crippen molar-refractivity contribution in [2.75, 3.05) is 23.8 Å². The molecule has 9 heteroatoms. The summed E-state index contributed by atoms with van der Waals surface area (Å²) in [4.78, 5) is 23.4. The lowest BCUT2D eigenvalue weighted by molar-refractivity contribution is -0.118. The molecular weight excluding hydrogens is 382 g/mol. The molecule has 146 valence electrons. The number of hydrogen-bond donors (Lipinski definition) is 3. The second kappa shape index (κ2) is 8.68. The SMILES string of the molecule is O=C(CCNS(=O)(=O)/C=C/c1ccccc1)Nc1ccc2c(c1)NC(=O)CO2. The zero-order valence-electron chi connectivity index (χ0n) is 14.8. The number of carbonyl (C=O) groups excluding carboxylic acids is 2. The monoisotopic (exact) mass is 401 g/mol. The third-order valence-electron chi connectivity index (χ3n) is 3.79. The summed E-state index contributed by atoms with van der Waals surface area (Å²) in [5.74, 6) is -0.109. The predicted octanol–water partition coefficient (Wildman–Crippen LogP) is 1.94. The quantitative estimate of drug-likeness (QED) is 0.656. The highest BCUT2D eigenvalue weighted by Gasteiger charge is 2.16. The summed E-state index contributed by atoms with van der Waals surface area (Å²) in [6.45, 7) is -0.0876.